The smallest absolute Gasteiger partial charge is 0.306 e. The van der Waals surface area contributed by atoms with Gasteiger partial charge in [0.2, 0.25) is 0 Å². The van der Waals surface area contributed by atoms with Gasteiger partial charge in [-0.3, -0.25) is 0 Å². The normalized spacial score (nSPS) is 11.8. The van der Waals surface area contributed by atoms with Gasteiger partial charge in [0.1, 0.15) is 0 Å². The van der Waals surface area contributed by atoms with Crippen molar-refractivity contribution in [3.8, 4) is 5.69 Å². The molecule has 1 aromatic carbocycles. The number of hydrogen-bond donors (Lipinski definition) is 0. The summed E-state index contributed by atoms with van der Waals surface area (Å²) >= 11 is 0. The Bertz CT molecular complexity index is 486. The van der Waals surface area contributed by atoms with Gasteiger partial charge in [0.15, 0.2) is 0 Å². The Labute approximate surface area is 90.4 Å². The minimum Gasteiger partial charge on any atom is -0.306 e. The number of imidazole rings is 1. The van der Waals surface area contributed by atoms with Crippen LogP contribution >= 0.6 is 0 Å². The van der Waals surface area contributed by atoms with Gasteiger partial charge in [0.05, 0.1) is 11.9 Å². The third kappa shape index (κ3) is 1.93. The van der Waals surface area contributed by atoms with E-state index in [4.69, 9.17) is 0 Å². The Morgan fingerprint density at radius 3 is 2.56 bits per heavy atom. The Morgan fingerprint density at radius 1 is 1.25 bits per heavy atom. The van der Waals surface area contributed by atoms with E-state index in [2.05, 4.69) is 4.98 Å². The zero-order valence-electron chi connectivity index (χ0n) is 8.49. The van der Waals surface area contributed by atoms with Crippen LogP contribution in [0.15, 0.2) is 36.9 Å². The van der Waals surface area contributed by atoms with Gasteiger partial charge >= 0.3 is 6.18 Å². The summed E-state index contributed by atoms with van der Waals surface area (Å²) in [6.45, 7) is 1.44. The zero-order chi connectivity index (χ0) is 11.8. The predicted octanol–water partition coefficient (Wildman–Crippen LogP) is 3.20. The molecule has 2 nitrogen and oxygen atoms in total. The molecule has 0 atom stereocenters. The quantitative estimate of drug-likeness (QED) is 0.730. The summed E-state index contributed by atoms with van der Waals surface area (Å²) in [5.74, 6) is 0. The summed E-state index contributed by atoms with van der Waals surface area (Å²) in [7, 11) is 0. The van der Waals surface area contributed by atoms with Crippen molar-refractivity contribution >= 4 is 0 Å². The first-order chi connectivity index (χ1) is 7.48. The average Bonchev–Trinajstić information content (AvgIpc) is 2.69. The molecule has 2 aromatic rings. The van der Waals surface area contributed by atoms with Crippen molar-refractivity contribution in [2.24, 2.45) is 0 Å². The van der Waals surface area contributed by atoms with Gasteiger partial charge in [-0.05, 0) is 24.6 Å². The van der Waals surface area contributed by atoms with Crippen molar-refractivity contribution in [3.05, 3.63) is 48.0 Å². The highest BCUT2D eigenvalue weighted by Gasteiger charge is 2.32. The van der Waals surface area contributed by atoms with Gasteiger partial charge in [-0.25, -0.2) is 4.98 Å². The standard InChI is InChI=1S/C11H9F3N2/c1-8-2-3-9(16-5-4-15-7-16)6-10(8)11(12,13)14/h2-7H,1H3. The first-order valence-electron chi connectivity index (χ1n) is 4.64. The van der Waals surface area contributed by atoms with Crippen LogP contribution in [0.2, 0.25) is 0 Å². The van der Waals surface area contributed by atoms with Crippen LogP contribution in [0.4, 0.5) is 13.2 Å². The van der Waals surface area contributed by atoms with E-state index in [1.54, 1.807) is 12.3 Å². The Morgan fingerprint density at radius 2 is 2.00 bits per heavy atom. The first-order valence-corrected chi connectivity index (χ1v) is 4.64. The Kier molecular flexibility index (Phi) is 2.46. The molecule has 0 bridgehead atoms. The number of benzene rings is 1. The minimum absolute atomic E-state index is 0.219. The molecule has 2 rings (SSSR count). The molecule has 84 valence electrons. The Balaban J connectivity index is 2.52. The van der Waals surface area contributed by atoms with E-state index in [1.807, 2.05) is 0 Å². The molecule has 0 saturated heterocycles. The van der Waals surface area contributed by atoms with E-state index < -0.39 is 11.7 Å². The molecule has 0 unspecified atom stereocenters. The maximum absolute atomic E-state index is 12.6. The number of nitrogens with zero attached hydrogens (tertiary/aromatic N) is 2. The van der Waals surface area contributed by atoms with Crippen LogP contribution in [0.5, 0.6) is 0 Å². The summed E-state index contributed by atoms with van der Waals surface area (Å²) in [5.41, 5.74) is 0.0606. The first kappa shape index (κ1) is 10.7. The van der Waals surface area contributed by atoms with Crippen LogP contribution in [-0.4, -0.2) is 9.55 Å². The molecule has 16 heavy (non-hydrogen) atoms. The number of aromatic nitrogens is 2. The van der Waals surface area contributed by atoms with Gasteiger partial charge in [-0.15, -0.1) is 0 Å². The highest BCUT2D eigenvalue weighted by Crippen LogP contribution is 2.32. The van der Waals surface area contributed by atoms with E-state index in [-0.39, 0.29) is 5.56 Å². The molecule has 0 radical (unpaired) electrons. The summed E-state index contributed by atoms with van der Waals surface area (Å²) < 4.78 is 39.5. The molecule has 0 spiro atoms. The van der Waals surface area contributed by atoms with Crippen LogP contribution in [0.25, 0.3) is 5.69 Å². The molecule has 0 saturated carbocycles. The lowest BCUT2D eigenvalue weighted by Gasteiger charge is -2.12. The second kappa shape index (κ2) is 3.66. The lowest BCUT2D eigenvalue weighted by atomic mass is 10.1. The summed E-state index contributed by atoms with van der Waals surface area (Å²) in [4.78, 5) is 3.79. The zero-order valence-corrected chi connectivity index (χ0v) is 8.49. The lowest BCUT2D eigenvalue weighted by Crippen LogP contribution is -2.08. The van der Waals surface area contributed by atoms with Gasteiger partial charge in [-0.1, -0.05) is 6.07 Å². The number of alkyl halides is 3. The van der Waals surface area contributed by atoms with Crippen LogP contribution in [0.1, 0.15) is 11.1 Å². The SMILES string of the molecule is Cc1ccc(-n2ccnc2)cc1C(F)(F)F. The third-order valence-electron chi connectivity index (χ3n) is 2.33. The van der Waals surface area contributed by atoms with Crippen molar-refractivity contribution < 1.29 is 13.2 Å². The van der Waals surface area contributed by atoms with Crippen molar-refractivity contribution in [1.29, 1.82) is 0 Å². The van der Waals surface area contributed by atoms with E-state index in [9.17, 15) is 13.2 Å². The molecule has 0 aliphatic heterocycles. The number of rotatable bonds is 1. The van der Waals surface area contributed by atoms with Gasteiger partial charge in [-0.2, -0.15) is 13.2 Å². The molecule has 0 aliphatic carbocycles. The number of aryl methyl sites for hydroxylation is 1. The fourth-order valence-corrected chi connectivity index (χ4v) is 1.49. The molecule has 0 fully saturated rings. The molecular weight excluding hydrogens is 217 g/mol. The number of halogens is 3. The second-order valence-corrected chi connectivity index (χ2v) is 3.47. The average molecular weight is 226 g/mol. The molecule has 0 aliphatic rings. The van der Waals surface area contributed by atoms with Crippen LogP contribution < -0.4 is 0 Å². The fraction of sp³-hybridized carbons (Fsp3) is 0.182. The second-order valence-electron chi connectivity index (χ2n) is 3.47. The third-order valence-corrected chi connectivity index (χ3v) is 2.33. The van der Waals surface area contributed by atoms with Crippen molar-refractivity contribution in [1.82, 2.24) is 9.55 Å². The van der Waals surface area contributed by atoms with Crippen LogP contribution in [-0.2, 0) is 6.18 Å². The van der Waals surface area contributed by atoms with E-state index >= 15 is 0 Å². The summed E-state index contributed by atoms with van der Waals surface area (Å²) in [6.07, 6.45) is 0.267. The van der Waals surface area contributed by atoms with E-state index in [0.717, 1.165) is 6.07 Å². The van der Waals surface area contributed by atoms with Gasteiger partial charge in [0, 0.05) is 18.1 Å². The number of hydrogen-bond acceptors (Lipinski definition) is 1. The lowest BCUT2D eigenvalue weighted by molar-refractivity contribution is -0.138. The largest absolute Gasteiger partial charge is 0.416 e. The molecule has 1 aromatic heterocycles. The summed E-state index contributed by atoms with van der Waals surface area (Å²) in [6, 6.07) is 4.21. The van der Waals surface area contributed by atoms with Crippen molar-refractivity contribution in [2.45, 2.75) is 13.1 Å². The van der Waals surface area contributed by atoms with Crippen LogP contribution in [0, 0.1) is 6.92 Å². The van der Waals surface area contributed by atoms with Crippen LogP contribution in [0.3, 0.4) is 0 Å². The topological polar surface area (TPSA) is 17.8 Å². The molecule has 1 heterocycles. The summed E-state index contributed by atoms with van der Waals surface area (Å²) in [5, 5.41) is 0. The minimum atomic E-state index is -4.32. The van der Waals surface area contributed by atoms with Crippen molar-refractivity contribution in [2.75, 3.05) is 0 Å². The molecular formula is C11H9F3N2. The monoisotopic (exact) mass is 226 g/mol. The highest BCUT2D eigenvalue weighted by molar-refractivity contribution is 5.41. The van der Waals surface area contributed by atoms with Gasteiger partial charge in [0.25, 0.3) is 0 Å². The maximum atomic E-state index is 12.6. The van der Waals surface area contributed by atoms with E-state index in [1.165, 1.54) is 30.1 Å². The van der Waals surface area contributed by atoms with E-state index in [0.29, 0.717) is 5.69 Å². The maximum Gasteiger partial charge on any atom is 0.416 e. The molecule has 0 amide bonds. The predicted molar refractivity (Wildman–Crippen MR) is 53.3 cm³/mol. The highest BCUT2D eigenvalue weighted by atomic mass is 19.4. The van der Waals surface area contributed by atoms with Gasteiger partial charge < -0.3 is 4.57 Å². The fourth-order valence-electron chi connectivity index (χ4n) is 1.49. The molecule has 5 heteroatoms. The van der Waals surface area contributed by atoms with Crippen molar-refractivity contribution in [3.63, 3.8) is 0 Å². The molecule has 0 N–H and O–H groups in total. The Hall–Kier alpha value is -1.78.